The van der Waals surface area contributed by atoms with Gasteiger partial charge in [0.1, 0.15) is 5.75 Å². The van der Waals surface area contributed by atoms with Gasteiger partial charge in [0.05, 0.1) is 6.54 Å². The third-order valence-electron chi connectivity index (χ3n) is 8.27. The fourth-order valence-electron chi connectivity index (χ4n) is 6.19. The van der Waals surface area contributed by atoms with Gasteiger partial charge in [-0.15, -0.1) is 18.3 Å². The first-order chi connectivity index (χ1) is 19.2. The zero-order valence-electron chi connectivity index (χ0n) is 22.7. The number of carbonyl (C=O) groups excluding carboxylic acids is 1. The summed E-state index contributed by atoms with van der Waals surface area (Å²) in [6.45, 7) is 1.16. The number of amidine groups is 1. The molecule has 3 N–H and O–H groups in total. The Morgan fingerprint density at radius 3 is 1.98 bits per heavy atom. The number of alkyl halides is 3. The van der Waals surface area contributed by atoms with Crippen LogP contribution in [0, 0.1) is 22.8 Å². The molecule has 0 unspecified atom stereocenters. The van der Waals surface area contributed by atoms with Crippen molar-refractivity contribution < 1.29 is 22.7 Å². The number of benzene rings is 2. The first-order valence-electron chi connectivity index (χ1n) is 14.1. The number of halogens is 3. The van der Waals surface area contributed by atoms with Gasteiger partial charge in [0.2, 0.25) is 0 Å². The van der Waals surface area contributed by atoms with Crippen LogP contribution in [0.4, 0.5) is 13.2 Å². The average molecular weight is 558 g/mol. The number of ether oxygens (including phenoxy) is 1. The first-order valence-corrected chi connectivity index (χ1v) is 14.1. The molecule has 10 heteroatoms. The molecule has 0 spiro atoms. The number of hydrogen-bond acceptors (Lipinski definition) is 5. The van der Waals surface area contributed by atoms with Gasteiger partial charge in [0.25, 0.3) is 5.91 Å². The van der Waals surface area contributed by atoms with E-state index in [0.717, 1.165) is 35.8 Å². The third-order valence-corrected chi connectivity index (χ3v) is 8.27. The number of nitrogens with one attached hydrogen (secondary N) is 3. The van der Waals surface area contributed by atoms with E-state index in [-0.39, 0.29) is 24.0 Å². The molecule has 2 fully saturated rings. The van der Waals surface area contributed by atoms with Crippen LogP contribution in [0.5, 0.6) is 5.75 Å². The summed E-state index contributed by atoms with van der Waals surface area (Å²) in [5.41, 5.74) is 9.23. The molecular formula is C30H38F3N5O2. The Labute approximate surface area is 233 Å². The summed E-state index contributed by atoms with van der Waals surface area (Å²) in [5, 5.41) is 12.9. The Kier molecular flexibility index (Phi) is 10.3. The summed E-state index contributed by atoms with van der Waals surface area (Å²) >= 11 is 0. The minimum Gasteiger partial charge on any atom is -0.406 e. The smallest absolute Gasteiger partial charge is 0.406 e. The Bertz CT molecular complexity index is 1120. The van der Waals surface area contributed by atoms with E-state index in [2.05, 4.69) is 20.1 Å². The van der Waals surface area contributed by atoms with Gasteiger partial charge in [-0.1, -0.05) is 56.4 Å². The summed E-state index contributed by atoms with van der Waals surface area (Å²) in [4.78, 5) is 14.8. The summed E-state index contributed by atoms with van der Waals surface area (Å²) in [5.74, 6) is 0.855. The molecule has 2 aromatic rings. The molecule has 0 atom stereocenters. The lowest BCUT2D eigenvalue weighted by Gasteiger charge is -2.40. The summed E-state index contributed by atoms with van der Waals surface area (Å²) in [7, 11) is 0. The Morgan fingerprint density at radius 1 is 0.875 bits per heavy atom. The molecule has 216 valence electrons. The number of amides is 1. The normalized spacial score (nSPS) is 20.2. The highest BCUT2D eigenvalue weighted by atomic mass is 19.4. The predicted molar refractivity (Wildman–Crippen MR) is 146 cm³/mol. The number of hydrogen-bond donors (Lipinski definition) is 3. The molecule has 0 aromatic heterocycles. The second-order valence-electron chi connectivity index (χ2n) is 11.0. The highest BCUT2D eigenvalue weighted by Crippen LogP contribution is 2.40. The molecule has 2 aliphatic rings. The van der Waals surface area contributed by atoms with Crippen molar-refractivity contribution >= 4 is 11.7 Å². The largest absolute Gasteiger partial charge is 0.573 e. The van der Waals surface area contributed by atoms with Gasteiger partial charge in [-0.3, -0.25) is 15.1 Å². The Morgan fingerprint density at radius 2 is 1.43 bits per heavy atom. The molecule has 40 heavy (non-hydrogen) atoms. The molecule has 7 nitrogen and oxygen atoms in total. The van der Waals surface area contributed by atoms with Crippen molar-refractivity contribution in [3.8, 4) is 5.75 Å². The monoisotopic (exact) mass is 557 g/mol. The van der Waals surface area contributed by atoms with Crippen molar-refractivity contribution in [2.45, 2.75) is 83.3 Å². The number of rotatable bonds is 10. The second kappa shape index (κ2) is 13.9. The molecule has 2 saturated carbocycles. The van der Waals surface area contributed by atoms with Gasteiger partial charge in [0, 0.05) is 24.7 Å². The zero-order chi connectivity index (χ0) is 28.5. The maximum atomic E-state index is 12.6. The van der Waals surface area contributed by atoms with Crippen molar-refractivity contribution in [1.29, 1.82) is 10.9 Å². The third kappa shape index (κ3) is 8.87. The van der Waals surface area contributed by atoms with E-state index in [1.54, 1.807) is 24.3 Å². The highest BCUT2D eigenvalue weighted by Gasteiger charge is 2.32. The maximum Gasteiger partial charge on any atom is 0.573 e. The van der Waals surface area contributed by atoms with Crippen LogP contribution in [0.3, 0.4) is 0 Å². The maximum absolute atomic E-state index is 12.6. The topological polar surface area (TPSA) is 102 Å². The first kappa shape index (κ1) is 29.7. The van der Waals surface area contributed by atoms with Gasteiger partial charge in [0.15, 0.2) is 5.84 Å². The van der Waals surface area contributed by atoms with E-state index < -0.39 is 6.36 Å². The molecule has 2 aromatic carbocycles. The highest BCUT2D eigenvalue weighted by molar-refractivity contribution is 5.96. The van der Waals surface area contributed by atoms with Gasteiger partial charge < -0.3 is 10.1 Å². The fraction of sp³-hybridized carbons (Fsp3) is 0.533. The van der Waals surface area contributed by atoms with E-state index in [0.29, 0.717) is 24.7 Å². The molecule has 0 aliphatic heterocycles. The zero-order valence-corrected chi connectivity index (χ0v) is 22.7. The average Bonchev–Trinajstić information content (AvgIpc) is 2.96. The summed E-state index contributed by atoms with van der Waals surface area (Å²) in [6.07, 6.45) is 6.67. The van der Waals surface area contributed by atoms with Crippen molar-refractivity contribution in [2.24, 2.45) is 17.0 Å². The van der Waals surface area contributed by atoms with Crippen molar-refractivity contribution in [3.63, 3.8) is 0 Å². The van der Waals surface area contributed by atoms with Gasteiger partial charge in [-0.25, -0.2) is 5.53 Å². The van der Waals surface area contributed by atoms with Crippen LogP contribution >= 0.6 is 0 Å². The Hall–Kier alpha value is -3.27. The molecule has 0 bridgehead atoms. The van der Waals surface area contributed by atoms with Crippen LogP contribution < -0.4 is 10.1 Å². The van der Waals surface area contributed by atoms with Gasteiger partial charge in [-0.05, 0) is 72.9 Å². The summed E-state index contributed by atoms with van der Waals surface area (Å²) < 4.78 is 41.8. The van der Waals surface area contributed by atoms with Crippen LogP contribution in [-0.4, -0.2) is 35.6 Å². The van der Waals surface area contributed by atoms with Crippen LogP contribution in [0.25, 0.3) is 0 Å². The van der Waals surface area contributed by atoms with E-state index in [1.165, 1.54) is 57.1 Å². The van der Waals surface area contributed by atoms with Crippen LogP contribution in [0.15, 0.2) is 53.6 Å². The lowest BCUT2D eigenvalue weighted by Crippen LogP contribution is -2.38. The SMILES string of the molecule is N=NC(=N)CNC(=O)c1ccc(CN(Cc2ccc(OC(F)(F)F)cc2)C2CCC(C3CCCCC3)CC2)cc1. The van der Waals surface area contributed by atoms with E-state index in [1.807, 2.05) is 12.1 Å². The van der Waals surface area contributed by atoms with Crippen LogP contribution in [-0.2, 0) is 13.1 Å². The Balaban J connectivity index is 1.43. The quantitative estimate of drug-likeness (QED) is 0.160. The van der Waals surface area contributed by atoms with Gasteiger partial charge >= 0.3 is 6.36 Å². The predicted octanol–water partition coefficient (Wildman–Crippen LogP) is 7.46. The molecular weight excluding hydrogens is 519 g/mol. The minimum absolute atomic E-state index is 0.103. The van der Waals surface area contributed by atoms with E-state index >= 15 is 0 Å². The van der Waals surface area contributed by atoms with Crippen LogP contribution in [0.2, 0.25) is 0 Å². The minimum atomic E-state index is -4.72. The second-order valence-corrected chi connectivity index (χ2v) is 11.0. The number of nitrogens with zero attached hydrogens (tertiary/aromatic N) is 2. The molecule has 2 aliphatic carbocycles. The molecule has 1 amide bonds. The molecule has 0 saturated heterocycles. The summed E-state index contributed by atoms with van der Waals surface area (Å²) in [6, 6.07) is 13.8. The van der Waals surface area contributed by atoms with Crippen molar-refractivity contribution in [1.82, 2.24) is 10.2 Å². The van der Waals surface area contributed by atoms with Gasteiger partial charge in [-0.2, -0.15) is 0 Å². The van der Waals surface area contributed by atoms with Crippen molar-refractivity contribution in [3.05, 3.63) is 65.2 Å². The lowest BCUT2D eigenvalue weighted by atomic mass is 9.72. The molecule has 4 rings (SSSR count). The van der Waals surface area contributed by atoms with Crippen LogP contribution in [0.1, 0.15) is 79.3 Å². The van der Waals surface area contributed by atoms with Crippen molar-refractivity contribution in [2.75, 3.05) is 6.54 Å². The standard InChI is InChI=1S/C30H38F3N5O2/c31-30(32,33)40-27-16-8-22(9-17-27)20-38(26-14-12-24(13-15-26)23-4-2-1-3-5-23)19-21-6-10-25(11-7-21)29(39)36-18-28(34)37-35/h6-11,16-17,23-24,26,34-35H,1-5,12-15,18-20H2,(H,36,39). The lowest BCUT2D eigenvalue weighted by molar-refractivity contribution is -0.274. The van der Waals surface area contributed by atoms with E-state index in [4.69, 9.17) is 10.9 Å². The molecule has 0 heterocycles. The number of carbonyl (C=O) groups is 1. The fourth-order valence-corrected chi connectivity index (χ4v) is 6.19. The molecule has 0 radical (unpaired) electrons. The van der Waals surface area contributed by atoms with E-state index in [9.17, 15) is 18.0 Å².